The first-order valence-corrected chi connectivity index (χ1v) is 10.3. The Morgan fingerprint density at radius 3 is 2.33 bits per heavy atom. The molecule has 4 rings (SSSR count). The van der Waals surface area contributed by atoms with E-state index >= 15 is 0 Å². The van der Waals surface area contributed by atoms with E-state index in [-0.39, 0.29) is 24.0 Å². The third kappa shape index (κ3) is 3.49. The zero-order valence-corrected chi connectivity index (χ0v) is 18.0. The number of ether oxygens (including phenoxy) is 2. The van der Waals surface area contributed by atoms with Gasteiger partial charge in [-0.05, 0) is 56.0 Å². The Morgan fingerprint density at radius 2 is 1.67 bits per heavy atom. The Hall–Kier alpha value is -3.08. The predicted octanol–water partition coefficient (Wildman–Crippen LogP) is 4.85. The number of Topliss-reactive ketones (excluding diaryl/α,β-unsaturated/α-hetero) is 1. The van der Waals surface area contributed by atoms with Crippen molar-refractivity contribution in [1.29, 1.82) is 0 Å². The van der Waals surface area contributed by atoms with Crippen LogP contribution in [0.25, 0.3) is 0 Å². The summed E-state index contributed by atoms with van der Waals surface area (Å²) in [7, 11) is 3.20. The van der Waals surface area contributed by atoms with Crippen molar-refractivity contribution in [3.63, 3.8) is 0 Å². The van der Waals surface area contributed by atoms with E-state index in [2.05, 4.69) is 6.07 Å². The number of allylic oxidation sites excluding steroid dienone is 2. The van der Waals surface area contributed by atoms with Gasteiger partial charge < -0.3 is 9.47 Å². The topological polar surface area (TPSA) is 55.8 Å². The number of rotatable bonds is 4. The predicted molar refractivity (Wildman–Crippen MR) is 116 cm³/mol. The third-order valence-corrected chi connectivity index (χ3v) is 5.96. The molecule has 0 aromatic heterocycles. The standard InChI is InChI=1S/C25H27NO4/c1-15-10-16(2)12-17(11-15)26-21-6-5-7-22(27)25(21)20(14-24(26)28)19-9-8-18(29-3)13-23(19)30-4/h8-13,20H,5-7,14H2,1-4H3/t20-/m1/s1. The highest BCUT2D eigenvalue weighted by molar-refractivity contribution is 6.07. The van der Waals surface area contributed by atoms with Gasteiger partial charge in [-0.2, -0.15) is 0 Å². The SMILES string of the molecule is COc1ccc([C@H]2CC(=O)N(c3cc(C)cc(C)c3)C3=C2C(=O)CCC3)c(OC)c1. The minimum absolute atomic E-state index is 0.0105. The number of benzene rings is 2. The van der Waals surface area contributed by atoms with Crippen LogP contribution in [0, 0.1) is 13.8 Å². The van der Waals surface area contributed by atoms with Crippen LogP contribution in [-0.2, 0) is 9.59 Å². The van der Waals surface area contributed by atoms with E-state index in [1.54, 1.807) is 19.1 Å². The van der Waals surface area contributed by atoms with Crippen LogP contribution < -0.4 is 14.4 Å². The van der Waals surface area contributed by atoms with Gasteiger partial charge in [-0.25, -0.2) is 0 Å². The van der Waals surface area contributed by atoms with Crippen LogP contribution in [0.2, 0.25) is 0 Å². The molecule has 30 heavy (non-hydrogen) atoms. The Labute approximate surface area is 177 Å². The molecule has 5 nitrogen and oxygen atoms in total. The molecule has 1 heterocycles. The fraction of sp³-hybridized carbons (Fsp3) is 0.360. The summed E-state index contributed by atoms with van der Waals surface area (Å²) < 4.78 is 10.9. The Morgan fingerprint density at radius 1 is 0.933 bits per heavy atom. The molecule has 0 saturated heterocycles. The molecule has 0 unspecified atom stereocenters. The molecule has 2 aromatic carbocycles. The van der Waals surface area contributed by atoms with Gasteiger partial charge in [0.1, 0.15) is 11.5 Å². The molecule has 0 spiro atoms. The summed E-state index contributed by atoms with van der Waals surface area (Å²) in [5, 5.41) is 0. The van der Waals surface area contributed by atoms with Gasteiger partial charge in [0.05, 0.1) is 14.2 Å². The Kier molecular flexibility index (Phi) is 5.37. The van der Waals surface area contributed by atoms with Gasteiger partial charge in [0.15, 0.2) is 5.78 Å². The van der Waals surface area contributed by atoms with Crippen LogP contribution in [0.5, 0.6) is 11.5 Å². The zero-order valence-electron chi connectivity index (χ0n) is 18.0. The lowest BCUT2D eigenvalue weighted by atomic mass is 9.76. The van der Waals surface area contributed by atoms with E-state index in [1.807, 2.05) is 44.2 Å². The first kappa shape index (κ1) is 20.2. The minimum Gasteiger partial charge on any atom is -0.497 e. The van der Waals surface area contributed by atoms with Gasteiger partial charge in [-0.3, -0.25) is 14.5 Å². The quantitative estimate of drug-likeness (QED) is 0.730. The van der Waals surface area contributed by atoms with Crippen molar-refractivity contribution in [2.24, 2.45) is 0 Å². The first-order valence-electron chi connectivity index (χ1n) is 10.3. The van der Waals surface area contributed by atoms with Crippen molar-refractivity contribution < 1.29 is 19.1 Å². The van der Waals surface area contributed by atoms with Crippen molar-refractivity contribution in [3.8, 4) is 11.5 Å². The number of hydrogen-bond acceptors (Lipinski definition) is 4. The molecule has 0 saturated carbocycles. The second-order valence-corrected chi connectivity index (χ2v) is 8.08. The number of methoxy groups -OCH3 is 2. The van der Waals surface area contributed by atoms with Crippen LogP contribution in [0.1, 0.15) is 48.3 Å². The molecular formula is C25H27NO4. The summed E-state index contributed by atoms with van der Waals surface area (Å²) >= 11 is 0. The lowest BCUT2D eigenvalue weighted by Gasteiger charge is -2.38. The van der Waals surface area contributed by atoms with E-state index in [4.69, 9.17) is 9.47 Å². The maximum atomic E-state index is 13.4. The second-order valence-electron chi connectivity index (χ2n) is 8.08. The highest BCUT2D eigenvalue weighted by Gasteiger charge is 2.40. The number of amides is 1. The Balaban J connectivity index is 1.88. The second kappa shape index (κ2) is 7.98. The maximum absolute atomic E-state index is 13.4. The number of ketones is 1. The fourth-order valence-electron chi connectivity index (χ4n) is 4.74. The zero-order chi connectivity index (χ0) is 21.4. The average molecular weight is 405 g/mol. The van der Waals surface area contributed by atoms with E-state index < -0.39 is 0 Å². The molecule has 1 amide bonds. The van der Waals surface area contributed by atoms with Gasteiger partial charge in [0.2, 0.25) is 5.91 Å². The number of anilines is 1. The van der Waals surface area contributed by atoms with Crippen molar-refractivity contribution >= 4 is 17.4 Å². The summed E-state index contributed by atoms with van der Waals surface area (Å²) in [6.07, 6.45) is 2.23. The number of carbonyl (C=O) groups is 2. The molecule has 0 radical (unpaired) electrons. The largest absolute Gasteiger partial charge is 0.497 e. The van der Waals surface area contributed by atoms with Crippen LogP contribution in [-0.4, -0.2) is 25.9 Å². The first-order chi connectivity index (χ1) is 14.4. The van der Waals surface area contributed by atoms with Crippen LogP contribution in [0.15, 0.2) is 47.7 Å². The van der Waals surface area contributed by atoms with E-state index in [9.17, 15) is 9.59 Å². The summed E-state index contributed by atoms with van der Waals surface area (Å²) in [6, 6.07) is 11.7. The average Bonchev–Trinajstić information content (AvgIpc) is 2.72. The Bertz CT molecular complexity index is 1030. The lowest BCUT2D eigenvalue weighted by Crippen LogP contribution is -2.40. The molecule has 1 atom stereocenters. The molecule has 156 valence electrons. The van der Waals surface area contributed by atoms with Gasteiger partial charge in [-0.15, -0.1) is 0 Å². The van der Waals surface area contributed by atoms with Crippen molar-refractivity contribution in [1.82, 2.24) is 0 Å². The highest BCUT2D eigenvalue weighted by Crippen LogP contribution is 2.46. The maximum Gasteiger partial charge on any atom is 0.232 e. The van der Waals surface area contributed by atoms with Crippen LogP contribution in [0.3, 0.4) is 0 Å². The highest BCUT2D eigenvalue weighted by atomic mass is 16.5. The number of carbonyl (C=O) groups excluding carboxylic acids is 2. The van der Waals surface area contributed by atoms with Gasteiger partial charge >= 0.3 is 0 Å². The number of aryl methyl sites for hydroxylation is 2. The number of nitrogens with zero attached hydrogens (tertiary/aromatic N) is 1. The lowest BCUT2D eigenvalue weighted by molar-refractivity contribution is -0.119. The molecule has 2 aliphatic rings. The summed E-state index contributed by atoms with van der Waals surface area (Å²) in [5.41, 5.74) is 5.50. The summed E-state index contributed by atoms with van der Waals surface area (Å²) in [4.78, 5) is 28.3. The summed E-state index contributed by atoms with van der Waals surface area (Å²) in [6.45, 7) is 4.05. The molecule has 2 aromatic rings. The van der Waals surface area contributed by atoms with Gasteiger partial charge in [-0.1, -0.05) is 12.1 Å². The molecular weight excluding hydrogens is 378 g/mol. The van der Waals surface area contributed by atoms with Crippen molar-refractivity contribution in [2.75, 3.05) is 19.1 Å². The fourth-order valence-corrected chi connectivity index (χ4v) is 4.74. The van der Waals surface area contributed by atoms with Crippen molar-refractivity contribution in [3.05, 3.63) is 64.4 Å². The van der Waals surface area contributed by atoms with Gasteiger partial charge in [0.25, 0.3) is 0 Å². The normalized spacial score (nSPS) is 19.1. The number of hydrogen-bond donors (Lipinski definition) is 0. The minimum atomic E-state index is -0.302. The van der Waals surface area contributed by atoms with Crippen LogP contribution in [0.4, 0.5) is 5.69 Å². The molecule has 0 bridgehead atoms. The van der Waals surface area contributed by atoms with E-state index in [0.717, 1.165) is 46.5 Å². The van der Waals surface area contributed by atoms with E-state index in [0.29, 0.717) is 17.9 Å². The van der Waals surface area contributed by atoms with Gasteiger partial charge in [0, 0.05) is 47.3 Å². The smallest absolute Gasteiger partial charge is 0.232 e. The molecule has 5 heteroatoms. The van der Waals surface area contributed by atoms with Crippen molar-refractivity contribution in [2.45, 2.75) is 45.4 Å². The third-order valence-electron chi connectivity index (χ3n) is 5.96. The molecule has 0 N–H and O–H groups in total. The van der Waals surface area contributed by atoms with Crippen LogP contribution >= 0.6 is 0 Å². The molecule has 1 aliphatic carbocycles. The molecule has 0 fully saturated rings. The summed E-state index contributed by atoms with van der Waals surface area (Å²) in [5.74, 6) is 1.15. The molecule has 1 aliphatic heterocycles. The monoisotopic (exact) mass is 405 g/mol. The van der Waals surface area contributed by atoms with E-state index in [1.165, 1.54) is 0 Å².